The van der Waals surface area contributed by atoms with E-state index >= 15 is 0 Å². The lowest BCUT2D eigenvalue weighted by molar-refractivity contribution is -0.220. The molecule has 270 valence electrons. The van der Waals surface area contributed by atoms with Gasteiger partial charge in [-0.1, -0.05) is 41.5 Å². The van der Waals surface area contributed by atoms with Gasteiger partial charge >= 0.3 is 35.8 Å². The number of hydrogen-bond acceptors (Lipinski definition) is 14. The van der Waals surface area contributed by atoms with Crippen molar-refractivity contribution >= 4 is 35.8 Å². The van der Waals surface area contributed by atoms with E-state index in [4.69, 9.17) is 33.2 Å². The first-order valence-electron chi connectivity index (χ1n) is 16.0. The molecule has 1 aliphatic heterocycles. The molecular formula is C34H50O14. The summed E-state index contributed by atoms with van der Waals surface area (Å²) in [5.41, 5.74) is -3.06. The monoisotopic (exact) mass is 682 g/mol. The van der Waals surface area contributed by atoms with Crippen molar-refractivity contribution in [1.82, 2.24) is 0 Å². The highest BCUT2D eigenvalue weighted by Gasteiger charge is 2.60. The van der Waals surface area contributed by atoms with Crippen LogP contribution in [0.4, 0.5) is 0 Å². The molecule has 0 amide bonds. The molecule has 0 unspecified atom stereocenters. The molecule has 0 aromatic heterocycles. The summed E-state index contributed by atoms with van der Waals surface area (Å²) in [5, 5.41) is 12.4. The van der Waals surface area contributed by atoms with Gasteiger partial charge in [0.2, 0.25) is 6.10 Å². The van der Waals surface area contributed by atoms with Crippen molar-refractivity contribution in [2.45, 2.75) is 118 Å². The second-order valence-corrected chi connectivity index (χ2v) is 13.9. The quantitative estimate of drug-likeness (QED) is 0.184. The van der Waals surface area contributed by atoms with Gasteiger partial charge in [-0.15, -0.1) is 0 Å². The highest BCUT2D eigenvalue weighted by Crippen LogP contribution is 2.47. The van der Waals surface area contributed by atoms with E-state index in [1.165, 1.54) is 40.0 Å². The first kappa shape index (κ1) is 40.2. The summed E-state index contributed by atoms with van der Waals surface area (Å²) >= 11 is 0. The Morgan fingerprint density at radius 3 is 2.02 bits per heavy atom. The molecule has 0 aromatic rings. The molecule has 1 heterocycles. The Morgan fingerprint density at radius 2 is 1.48 bits per heavy atom. The molecule has 14 nitrogen and oxygen atoms in total. The molecule has 0 aromatic carbocycles. The lowest BCUT2D eigenvalue weighted by atomic mass is 9.82. The second-order valence-electron chi connectivity index (χ2n) is 13.9. The maximum atomic E-state index is 13.3. The minimum absolute atomic E-state index is 0.0184. The summed E-state index contributed by atoms with van der Waals surface area (Å²) in [7, 11) is 0. The number of carbonyl (C=O) groups excluding carboxylic acids is 6. The van der Waals surface area contributed by atoms with Crippen LogP contribution in [0.1, 0.15) is 88.5 Å². The topological polar surface area (TPSA) is 187 Å². The zero-order chi connectivity index (χ0) is 36.6. The van der Waals surface area contributed by atoms with E-state index in [9.17, 15) is 33.9 Å². The van der Waals surface area contributed by atoms with Gasteiger partial charge in [0.05, 0.1) is 18.6 Å². The van der Waals surface area contributed by atoms with Crippen LogP contribution in [-0.4, -0.2) is 83.8 Å². The molecule has 1 N–H and O–H groups in total. The second kappa shape index (κ2) is 16.9. The van der Waals surface area contributed by atoms with Crippen molar-refractivity contribution in [3.05, 3.63) is 23.5 Å². The van der Waals surface area contributed by atoms with Crippen LogP contribution < -0.4 is 0 Å². The van der Waals surface area contributed by atoms with E-state index in [2.05, 4.69) is 0 Å². The summed E-state index contributed by atoms with van der Waals surface area (Å²) in [4.78, 5) is 74.9. The van der Waals surface area contributed by atoms with Crippen LogP contribution >= 0.6 is 0 Å². The summed E-state index contributed by atoms with van der Waals surface area (Å²) in [6.07, 6.45) is -2.06. The molecular weight excluding hydrogens is 632 g/mol. The number of ether oxygens (including phenoxy) is 7. The van der Waals surface area contributed by atoms with E-state index < -0.39 is 90.4 Å². The van der Waals surface area contributed by atoms with Crippen molar-refractivity contribution in [2.75, 3.05) is 13.2 Å². The van der Waals surface area contributed by atoms with E-state index in [0.29, 0.717) is 0 Å². The molecule has 0 bridgehead atoms. The average Bonchev–Trinajstić information content (AvgIpc) is 3.19. The van der Waals surface area contributed by atoms with Crippen LogP contribution in [0, 0.1) is 23.7 Å². The molecule has 0 saturated heterocycles. The van der Waals surface area contributed by atoms with Crippen molar-refractivity contribution in [3.63, 3.8) is 0 Å². The molecule has 0 spiro atoms. The Balaban J connectivity index is 2.53. The summed E-state index contributed by atoms with van der Waals surface area (Å²) < 4.78 is 38.4. The van der Waals surface area contributed by atoms with Gasteiger partial charge in [-0.25, -0.2) is 4.79 Å². The highest BCUT2D eigenvalue weighted by molar-refractivity contribution is 5.80. The minimum atomic E-state index is -2.31. The molecule has 5 atom stereocenters. The molecule has 14 heteroatoms. The SMILES string of the molecule is CC(=O)OCC1=CO[C@H](OC(=O)CC(C)C)[C@@H]2C1=C[C@@H](OC(=O)CC(C)(C)OC(C)=O)[C@@]2(O)COC(=O)[C@H](OC(=O)CC(C)C)C(C)C. The molecule has 0 radical (unpaired) electrons. The van der Waals surface area contributed by atoms with Crippen molar-refractivity contribution in [3.8, 4) is 0 Å². The lowest BCUT2D eigenvalue weighted by Gasteiger charge is -2.40. The fraction of sp³-hybridized carbons (Fsp3) is 0.706. The summed E-state index contributed by atoms with van der Waals surface area (Å²) in [6, 6.07) is 0. The van der Waals surface area contributed by atoms with E-state index in [1.807, 2.05) is 27.7 Å². The van der Waals surface area contributed by atoms with Gasteiger partial charge < -0.3 is 38.3 Å². The number of fused-ring (bicyclic) bond motifs is 1. The van der Waals surface area contributed by atoms with Gasteiger partial charge in [-0.3, -0.25) is 24.0 Å². The summed E-state index contributed by atoms with van der Waals surface area (Å²) in [6.45, 7) is 14.8. The molecule has 0 fully saturated rings. The summed E-state index contributed by atoms with van der Waals surface area (Å²) in [5.74, 6) is -6.24. The van der Waals surface area contributed by atoms with Crippen LogP contribution in [0.15, 0.2) is 23.5 Å². The standard InChI is InChI=1S/C34H50O14/c1-18(2)11-26(37)46-30(20(5)6)31(40)44-17-34(41)25(45-28(39)14-33(9,10)48-22(8)36)13-24-23(15-42-21(7)35)16-43-32(29(24)34)47-27(38)12-19(3)4/h13,16,18-20,25,29-30,32,41H,11-12,14-15,17H2,1-10H3/t25-,29+,30-,32-,34+/m1/s1. The van der Waals surface area contributed by atoms with E-state index in [1.54, 1.807) is 13.8 Å². The minimum Gasteiger partial charge on any atom is -0.461 e. The molecule has 0 saturated carbocycles. The third-order valence-corrected chi connectivity index (χ3v) is 7.30. The predicted molar refractivity (Wildman–Crippen MR) is 167 cm³/mol. The Morgan fingerprint density at radius 1 is 0.875 bits per heavy atom. The van der Waals surface area contributed by atoms with Gasteiger partial charge in [-0.05, 0) is 37.3 Å². The number of aliphatic hydroxyl groups is 1. The Labute approximate surface area is 281 Å². The van der Waals surface area contributed by atoms with Gasteiger partial charge in [0.25, 0.3) is 6.29 Å². The third-order valence-electron chi connectivity index (χ3n) is 7.30. The maximum Gasteiger partial charge on any atom is 0.347 e. The van der Waals surface area contributed by atoms with E-state index in [0.717, 1.165) is 0 Å². The first-order valence-corrected chi connectivity index (χ1v) is 16.0. The third kappa shape index (κ3) is 11.6. The lowest BCUT2D eigenvalue weighted by Crippen LogP contribution is -2.56. The highest BCUT2D eigenvalue weighted by atomic mass is 16.7. The van der Waals surface area contributed by atoms with E-state index in [-0.39, 0.29) is 42.4 Å². The average molecular weight is 683 g/mol. The Kier molecular flexibility index (Phi) is 14.2. The number of hydrogen-bond donors (Lipinski definition) is 1. The van der Waals surface area contributed by atoms with Gasteiger partial charge in [0.1, 0.15) is 18.8 Å². The van der Waals surface area contributed by atoms with Crippen LogP contribution in [0.5, 0.6) is 0 Å². The van der Waals surface area contributed by atoms with Crippen LogP contribution in [0.25, 0.3) is 0 Å². The molecule has 2 aliphatic rings. The zero-order valence-electron chi connectivity index (χ0n) is 29.5. The largest absolute Gasteiger partial charge is 0.461 e. The number of carbonyl (C=O) groups is 6. The molecule has 1 aliphatic carbocycles. The smallest absolute Gasteiger partial charge is 0.347 e. The zero-order valence-corrected chi connectivity index (χ0v) is 29.5. The number of esters is 6. The molecule has 48 heavy (non-hydrogen) atoms. The van der Waals surface area contributed by atoms with Crippen LogP contribution in [0.2, 0.25) is 0 Å². The Bertz CT molecular complexity index is 1280. The normalized spacial score (nSPS) is 22.5. The fourth-order valence-electron chi connectivity index (χ4n) is 5.26. The molecule has 2 rings (SSSR count). The maximum absolute atomic E-state index is 13.3. The van der Waals surface area contributed by atoms with Crippen LogP contribution in [-0.2, 0) is 61.9 Å². The first-order chi connectivity index (χ1) is 22.1. The van der Waals surface area contributed by atoms with Gasteiger partial charge in [-0.2, -0.15) is 0 Å². The van der Waals surface area contributed by atoms with Crippen molar-refractivity contribution in [2.24, 2.45) is 23.7 Å². The predicted octanol–water partition coefficient (Wildman–Crippen LogP) is 3.47. The van der Waals surface area contributed by atoms with Crippen LogP contribution in [0.3, 0.4) is 0 Å². The van der Waals surface area contributed by atoms with Gasteiger partial charge in [0, 0.05) is 38.2 Å². The van der Waals surface area contributed by atoms with Gasteiger partial charge in [0.15, 0.2) is 11.7 Å². The Hall–Kier alpha value is -3.94. The number of rotatable bonds is 16. The van der Waals surface area contributed by atoms with Crippen molar-refractivity contribution < 1.29 is 67.0 Å². The van der Waals surface area contributed by atoms with Crippen molar-refractivity contribution in [1.29, 1.82) is 0 Å². The fourth-order valence-corrected chi connectivity index (χ4v) is 5.26.